The van der Waals surface area contributed by atoms with Gasteiger partial charge in [-0.3, -0.25) is 0 Å². The fourth-order valence-corrected chi connectivity index (χ4v) is 1.26. The molecule has 0 bridgehead atoms. The summed E-state index contributed by atoms with van der Waals surface area (Å²) < 4.78 is 5.64. The van der Waals surface area contributed by atoms with E-state index in [4.69, 9.17) is 10.5 Å². The molecule has 1 aromatic carbocycles. The Morgan fingerprint density at radius 2 is 1.80 bits per heavy atom. The van der Waals surface area contributed by atoms with Gasteiger partial charge in [0.05, 0.1) is 6.10 Å². The van der Waals surface area contributed by atoms with Crippen molar-refractivity contribution in [2.45, 2.75) is 39.0 Å². The summed E-state index contributed by atoms with van der Waals surface area (Å²) in [6, 6.07) is 7.57. The van der Waals surface area contributed by atoms with Crippen molar-refractivity contribution in [2.75, 3.05) is 0 Å². The normalized spacial score (nSPS) is 16.9. The standard InChI is InChI=1S/C12H19NO2/c1-8(13)11-6-4-5-7-12(11)15-10(3)9(2)14/h4-10,14H,13H2,1-3H3/t8-,9?,10?/m0/s1. The monoisotopic (exact) mass is 209 g/mol. The van der Waals surface area contributed by atoms with Gasteiger partial charge in [-0.25, -0.2) is 0 Å². The molecule has 15 heavy (non-hydrogen) atoms. The first-order chi connectivity index (χ1) is 7.02. The number of para-hydroxylation sites is 1. The molecule has 0 spiro atoms. The first kappa shape index (κ1) is 12.0. The third-order valence-electron chi connectivity index (χ3n) is 2.40. The minimum Gasteiger partial charge on any atom is -0.488 e. The second-order valence-electron chi connectivity index (χ2n) is 3.89. The van der Waals surface area contributed by atoms with Gasteiger partial charge in [0.2, 0.25) is 0 Å². The Morgan fingerprint density at radius 3 is 2.33 bits per heavy atom. The van der Waals surface area contributed by atoms with Crippen LogP contribution in [0.3, 0.4) is 0 Å². The Kier molecular flexibility index (Phi) is 4.12. The highest BCUT2D eigenvalue weighted by atomic mass is 16.5. The summed E-state index contributed by atoms with van der Waals surface area (Å²) >= 11 is 0. The Labute approximate surface area is 90.9 Å². The van der Waals surface area contributed by atoms with Crippen LogP contribution in [0.5, 0.6) is 5.75 Å². The van der Waals surface area contributed by atoms with Crippen LogP contribution in [0.2, 0.25) is 0 Å². The van der Waals surface area contributed by atoms with Crippen LogP contribution in [0.4, 0.5) is 0 Å². The predicted molar refractivity (Wildman–Crippen MR) is 60.8 cm³/mol. The molecule has 0 aliphatic carbocycles. The zero-order valence-corrected chi connectivity index (χ0v) is 9.47. The highest BCUT2D eigenvalue weighted by molar-refractivity contribution is 5.35. The molecule has 0 aliphatic heterocycles. The first-order valence-electron chi connectivity index (χ1n) is 5.21. The summed E-state index contributed by atoms with van der Waals surface area (Å²) in [5.74, 6) is 0.751. The zero-order chi connectivity index (χ0) is 11.4. The predicted octanol–water partition coefficient (Wildman–Crippen LogP) is 1.85. The van der Waals surface area contributed by atoms with Crippen molar-refractivity contribution in [3.05, 3.63) is 29.8 Å². The van der Waals surface area contributed by atoms with Gasteiger partial charge in [0.15, 0.2) is 0 Å². The van der Waals surface area contributed by atoms with Gasteiger partial charge < -0.3 is 15.6 Å². The molecule has 2 unspecified atom stereocenters. The number of benzene rings is 1. The third-order valence-corrected chi connectivity index (χ3v) is 2.40. The molecule has 0 aromatic heterocycles. The molecule has 0 aliphatic rings. The van der Waals surface area contributed by atoms with Crippen LogP contribution in [-0.4, -0.2) is 17.3 Å². The zero-order valence-electron chi connectivity index (χ0n) is 9.47. The van der Waals surface area contributed by atoms with Crippen molar-refractivity contribution >= 4 is 0 Å². The molecule has 3 atom stereocenters. The first-order valence-corrected chi connectivity index (χ1v) is 5.21. The Morgan fingerprint density at radius 1 is 1.20 bits per heavy atom. The minimum atomic E-state index is -0.494. The molecule has 3 nitrogen and oxygen atoms in total. The molecule has 84 valence electrons. The van der Waals surface area contributed by atoms with E-state index >= 15 is 0 Å². The lowest BCUT2D eigenvalue weighted by atomic mass is 10.1. The van der Waals surface area contributed by atoms with Crippen molar-refractivity contribution in [3.8, 4) is 5.75 Å². The Balaban J connectivity index is 2.84. The van der Waals surface area contributed by atoms with Crippen molar-refractivity contribution in [1.29, 1.82) is 0 Å². The van der Waals surface area contributed by atoms with Crippen LogP contribution in [0.25, 0.3) is 0 Å². The molecular weight excluding hydrogens is 190 g/mol. The number of aliphatic hydroxyl groups is 1. The minimum absolute atomic E-state index is 0.0672. The molecule has 0 radical (unpaired) electrons. The van der Waals surface area contributed by atoms with Gasteiger partial charge in [-0.1, -0.05) is 18.2 Å². The van der Waals surface area contributed by atoms with E-state index in [0.29, 0.717) is 0 Å². The van der Waals surface area contributed by atoms with Gasteiger partial charge in [0, 0.05) is 11.6 Å². The number of aliphatic hydroxyl groups excluding tert-OH is 1. The van der Waals surface area contributed by atoms with E-state index in [-0.39, 0.29) is 12.1 Å². The molecule has 3 heteroatoms. The maximum atomic E-state index is 9.36. The molecule has 1 aromatic rings. The number of hydrogen-bond acceptors (Lipinski definition) is 3. The van der Waals surface area contributed by atoms with Crippen LogP contribution in [0, 0.1) is 0 Å². The van der Waals surface area contributed by atoms with Gasteiger partial charge in [0.1, 0.15) is 11.9 Å². The topological polar surface area (TPSA) is 55.5 Å². The summed E-state index contributed by atoms with van der Waals surface area (Å²) in [6.45, 7) is 5.46. The lowest BCUT2D eigenvalue weighted by molar-refractivity contribution is 0.0596. The van der Waals surface area contributed by atoms with E-state index in [1.807, 2.05) is 38.1 Å². The van der Waals surface area contributed by atoms with E-state index in [2.05, 4.69) is 0 Å². The van der Waals surface area contributed by atoms with Gasteiger partial charge in [0.25, 0.3) is 0 Å². The highest BCUT2D eigenvalue weighted by Gasteiger charge is 2.13. The van der Waals surface area contributed by atoms with Gasteiger partial charge in [-0.2, -0.15) is 0 Å². The number of hydrogen-bond donors (Lipinski definition) is 2. The average Bonchev–Trinajstić information content (AvgIpc) is 2.18. The largest absolute Gasteiger partial charge is 0.488 e. The van der Waals surface area contributed by atoms with Crippen LogP contribution < -0.4 is 10.5 Å². The van der Waals surface area contributed by atoms with Gasteiger partial charge >= 0.3 is 0 Å². The van der Waals surface area contributed by atoms with Crippen LogP contribution in [0.1, 0.15) is 32.4 Å². The second-order valence-corrected chi connectivity index (χ2v) is 3.89. The molecule has 0 saturated heterocycles. The summed E-state index contributed by atoms with van der Waals surface area (Å²) in [5.41, 5.74) is 6.79. The fourth-order valence-electron chi connectivity index (χ4n) is 1.26. The fraction of sp³-hybridized carbons (Fsp3) is 0.500. The second kappa shape index (κ2) is 5.14. The van der Waals surface area contributed by atoms with Gasteiger partial charge in [-0.15, -0.1) is 0 Å². The maximum Gasteiger partial charge on any atom is 0.124 e. The van der Waals surface area contributed by atoms with Crippen molar-refractivity contribution in [2.24, 2.45) is 5.73 Å². The molecular formula is C12H19NO2. The highest BCUT2D eigenvalue weighted by Crippen LogP contribution is 2.24. The number of rotatable bonds is 4. The summed E-state index contributed by atoms with van der Waals surface area (Å²) in [4.78, 5) is 0. The van der Waals surface area contributed by atoms with E-state index in [9.17, 15) is 5.11 Å². The SMILES string of the molecule is CC(O)C(C)Oc1ccccc1[C@H](C)N. The van der Waals surface area contributed by atoms with Crippen LogP contribution in [-0.2, 0) is 0 Å². The van der Waals surface area contributed by atoms with Crippen LogP contribution >= 0.6 is 0 Å². The van der Waals surface area contributed by atoms with Crippen molar-refractivity contribution in [1.82, 2.24) is 0 Å². The average molecular weight is 209 g/mol. The summed E-state index contributed by atoms with van der Waals surface area (Å²) in [5, 5.41) is 9.36. The third kappa shape index (κ3) is 3.22. The van der Waals surface area contributed by atoms with Crippen LogP contribution in [0.15, 0.2) is 24.3 Å². The van der Waals surface area contributed by atoms with E-state index in [1.165, 1.54) is 0 Å². The summed E-state index contributed by atoms with van der Waals surface area (Å²) in [6.07, 6.45) is -0.726. The van der Waals surface area contributed by atoms with E-state index in [1.54, 1.807) is 6.92 Å². The van der Waals surface area contributed by atoms with E-state index in [0.717, 1.165) is 11.3 Å². The molecule has 0 saturated carbocycles. The number of nitrogens with two attached hydrogens (primary N) is 1. The summed E-state index contributed by atoms with van der Waals surface area (Å²) in [7, 11) is 0. The van der Waals surface area contributed by atoms with Crippen molar-refractivity contribution in [3.63, 3.8) is 0 Å². The molecule has 0 fully saturated rings. The molecule has 3 N–H and O–H groups in total. The van der Waals surface area contributed by atoms with E-state index < -0.39 is 6.10 Å². The maximum absolute atomic E-state index is 9.36. The lowest BCUT2D eigenvalue weighted by Gasteiger charge is -2.20. The Hall–Kier alpha value is -1.06. The number of ether oxygens (including phenoxy) is 1. The lowest BCUT2D eigenvalue weighted by Crippen LogP contribution is -2.26. The molecule has 0 heterocycles. The van der Waals surface area contributed by atoms with Gasteiger partial charge in [-0.05, 0) is 26.8 Å². The smallest absolute Gasteiger partial charge is 0.124 e. The quantitative estimate of drug-likeness (QED) is 0.795. The molecule has 1 rings (SSSR count). The molecule has 0 amide bonds. The van der Waals surface area contributed by atoms with Crippen molar-refractivity contribution < 1.29 is 9.84 Å². The Bertz CT molecular complexity index is 310.